The Balaban J connectivity index is 0.00000264. The quantitative estimate of drug-likeness (QED) is 0.805. The fourth-order valence-corrected chi connectivity index (χ4v) is 2.69. The zero-order chi connectivity index (χ0) is 16.1. The molecule has 0 unspecified atom stereocenters. The molecule has 0 fully saturated rings. The molecule has 1 heterocycles. The summed E-state index contributed by atoms with van der Waals surface area (Å²) in [6.07, 6.45) is 3.44. The van der Waals surface area contributed by atoms with E-state index in [1.54, 1.807) is 36.9 Å². The van der Waals surface area contributed by atoms with Gasteiger partial charge in [-0.1, -0.05) is 6.07 Å². The monoisotopic (exact) mass is 356 g/mol. The van der Waals surface area contributed by atoms with Gasteiger partial charge < -0.3 is 19.8 Å². The molecule has 1 aromatic heterocycles. The fraction of sp³-hybridized carbons (Fsp3) is 0.312. The molecule has 0 saturated heterocycles. The van der Waals surface area contributed by atoms with Crippen LogP contribution < -0.4 is 10.5 Å². The summed E-state index contributed by atoms with van der Waals surface area (Å²) in [6.45, 7) is 0.775. The molecule has 126 valence electrons. The van der Waals surface area contributed by atoms with Crippen LogP contribution in [0.3, 0.4) is 0 Å². The lowest BCUT2D eigenvalue weighted by atomic mass is 10.2. The number of nitrogens with zero attached hydrogens (tertiary/aromatic N) is 1. The fourth-order valence-electron chi connectivity index (χ4n) is 2.14. The van der Waals surface area contributed by atoms with Gasteiger partial charge in [-0.25, -0.2) is 0 Å². The van der Waals surface area contributed by atoms with Gasteiger partial charge in [0.25, 0.3) is 5.91 Å². The second-order valence-electron chi connectivity index (χ2n) is 4.86. The number of rotatable bonds is 6. The number of furan rings is 1. The Kier molecular flexibility index (Phi) is 7.48. The van der Waals surface area contributed by atoms with Crippen molar-refractivity contribution in [3.05, 3.63) is 47.4 Å². The van der Waals surface area contributed by atoms with Crippen molar-refractivity contribution in [3.8, 4) is 5.75 Å². The zero-order valence-corrected chi connectivity index (χ0v) is 15.0. The second kappa shape index (κ2) is 8.86. The first-order chi connectivity index (χ1) is 10.6. The van der Waals surface area contributed by atoms with E-state index in [1.165, 1.54) is 6.26 Å². The van der Waals surface area contributed by atoms with Crippen LogP contribution in [-0.4, -0.2) is 31.2 Å². The number of hydrogen-bond acceptors (Lipinski definition) is 5. The van der Waals surface area contributed by atoms with Crippen LogP contribution in [0.1, 0.15) is 21.7 Å². The topological polar surface area (TPSA) is 68.7 Å². The minimum absolute atomic E-state index is 0. The van der Waals surface area contributed by atoms with Crippen molar-refractivity contribution < 1.29 is 13.9 Å². The predicted octanol–water partition coefficient (Wildman–Crippen LogP) is 3.16. The molecule has 5 nitrogen and oxygen atoms in total. The van der Waals surface area contributed by atoms with Crippen LogP contribution in [-0.2, 0) is 13.1 Å². The molecule has 2 rings (SSSR count). The number of carbonyl (C=O) groups excluding carboxylic acids is 1. The summed E-state index contributed by atoms with van der Waals surface area (Å²) >= 11 is 1.63. The first kappa shape index (κ1) is 19.4. The van der Waals surface area contributed by atoms with Crippen LogP contribution >= 0.6 is 24.2 Å². The Morgan fingerprint density at radius 2 is 2.13 bits per heavy atom. The highest BCUT2D eigenvalue weighted by Crippen LogP contribution is 2.28. The molecular weight excluding hydrogens is 336 g/mol. The molecule has 0 radical (unpaired) electrons. The van der Waals surface area contributed by atoms with E-state index < -0.39 is 0 Å². The number of methoxy groups -OCH3 is 1. The van der Waals surface area contributed by atoms with Crippen LogP contribution in [0.5, 0.6) is 5.75 Å². The maximum atomic E-state index is 12.3. The molecule has 1 amide bonds. The lowest BCUT2D eigenvalue weighted by Crippen LogP contribution is -2.25. The number of benzene rings is 1. The summed E-state index contributed by atoms with van der Waals surface area (Å²) in [5.74, 6) is 1.32. The second-order valence-corrected chi connectivity index (χ2v) is 5.70. The van der Waals surface area contributed by atoms with Gasteiger partial charge in [-0.05, 0) is 30.0 Å². The molecule has 2 N–H and O–H groups in total. The molecule has 0 aliphatic heterocycles. The van der Waals surface area contributed by atoms with E-state index in [9.17, 15) is 4.79 Å². The molecular formula is C16H21ClN2O3S. The minimum Gasteiger partial charge on any atom is -0.496 e. The molecule has 0 aliphatic rings. The minimum atomic E-state index is -0.101. The van der Waals surface area contributed by atoms with E-state index in [1.807, 2.05) is 24.5 Å². The number of amides is 1. The van der Waals surface area contributed by atoms with Crippen LogP contribution in [0.15, 0.2) is 39.8 Å². The Hall–Kier alpha value is -1.63. The molecule has 0 aliphatic carbocycles. The molecule has 0 bridgehead atoms. The largest absolute Gasteiger partial charge is 0.496 e. The average molecular weight is 357 g/mol. The predicted molar refractivity (Wildman–Crippen MR) is 94.4 cm³/mol. The van der Waals surface area contributed by atoms with Crippen LogP contribution in [0.25, 0.3) is 0 Å². The first-order valence-corrected chi connectivity index (χ1v) is 8.05. The highest BCUT2D eigenvalue weighted by Gasteiger charge is 2.15. The lowest BCUT2D eigenvalue weighted by molar-refractivity contribution is 0.0784. The van der Waals surface area contributed by atoms with Crippen molar-refractivity contribution in [2.24, 2.45) is 5.73 Å². The molecule has 2 aromatic rings. The van der Waals surface area contributed by atoms with Crippen molar-refractivity contribution >= 4 is 30.1 Å². The number of halogens is 1. The summed E-state index contributed by atoms with van der Waals surface area (Å²) in [4.78, 5) is 15.1. The highest BCUT2D eigenvalue weighted by molar-refractivity contribution is 7.98. The van der Waals surface area contributed by atoms with E-state index >= 15 is 0 Å². The van der Waals surface area contributed by atoms with Gasteiger partial charge in [-0.2, -0.15) is 0 Å². The molecule has 7 heteroatoms. The maximum Gasteiger partial charge on any atom is 0.257 e. The Morgan fingerprint density at radius 1 is 1.39 bits per heavy atom. The molecule has 0 atom stereocenters. The van der Waals surface area contributed by atoms with Crippen LogP contribution in [0.2, 0.25) is 0 Å². The number of carbonyl (C=O) groups is 1. The Morgan fingerprint density at radius 3 is 2.70 bits per heavy atom. The van der Waals surface area contributed by atoms with E-state index in [2.05, 4.69) is 0 Å². The van der Waals surface area contributed by atoms with Crippen LogP contribution in [0.4, 0.5) is 0 Å². The summed E-state index contributed by atoms with van der Waals surface area (Å²) in [7, 11) is 3.40. The SMILES string of the molecule is COc1cc(CN(C)C(=O)c2coc(CN)c2)ccc1SC.Cl. The third-order valence-electron chi connectivity index (χ3n) is 3.32. The summed E-state index contributed by atoms with van der Waals surface area (Å²) in [5.41, 5.74) is 7.01. The van der Waals surface area contributed by atoms with Crippen LogP contribution in [0, 0.1) is 0 Å². The maximum absolute atomic E-state index is 12.3. The van der Waals surface area contributed by atoms with Crippen molar-refractivity contribution in [2.75, 3.05) is 20.4 Å². The van der Waals surface area contributed by atoms with Gasteiger partial charge in [-0.3, -0.25) is 4.79 Å². The van der Waals surface area contributed by atoms with E-state index in [0.717, 1.165) is 16.2 Å². The van der Waals surface area contributed by atoms with Gasteiger partial charge in [0, 0.05) is 18.5 Å². The number of hydrogen-bond donors (Lipinski definition) is 1. The van der Waals surface area contributed by atoms with Crippen molar-refractivity contribution in [3.63, 3.8) is 0 Å². The highest BCUT2D eigenvalue weighted by atomic mass is 35.5. The zero-order valence-electron chi connectivity index (χ0n) is 13.4. The third kappa shape index (κ3) is 4.67. The van der Waals surface area contributed by atoms with Gasteiger partial charge in [0.05, 0.1) is 19.2 Å². The Labute approximate surface area is 146 Å². The lowest BCUT2D eigenvalue weighted by Gasteiger charge is -2.17. The van der Waals surface area contributed by atoms with Gasteiger partial charge in [0.15, 0.2) is 0 Å². The smallest absolute Gasteiger partial charge is 0.257 e. The number of nitrogens with two attached hydrogens (primary N) is 1. The summed E-state index contributed by atoms with van der Waals surface area (Å²) < 4.78 is 10.6. The molecule has 0 saturated carbocycles. The van der Waals surface area contributed by atoms with Crippen molar-refractivity contribution in [1.82, 2.24) is 4.90 Å². The standard InChI is InChI=1S/C16H20N2O3S.ClH/c1-18(16(19)12-7-13(8-17)21-10-12)9-11-4-5-15(22-3)14(6-11)20-2;/h4-7,10H,8-9,17H2,1-3H3;1H. The number of thioether (sulfide) groups is 1. The summed E-state index contributed by atoms with van der Waals surface area (Å²) in [5, 5.41) is 0. The van der Waals surface area contributed by atoms with Crippen molar-refractivity contribution in [1.29, 1.82) is 0 Å². The third-order valence-corrected chi connectivity index (χ3v) is 4.09. The molecule has 0 spiro atoms. The Bertz CT molecular complexity index is 661. The van der Waals surface area contributed by atoms with E-state index in [0.29, 0.717) is 17.9 Å². The number of ether oxygens (including phenoxy) is 1. The summed E-state index contributed by atoms with van der Waals surface area (Å²) in [6, 6.07) is 7.63. The normalized spacial score (nSPS) is 10.1. The first-order valence-electron chi connectivity index (χ1n) is 6.83. The molecule has 1 aromatic carbocycles. The van der Waals surface area contributed by atoms with Gasteiger partial charge in [0.2, 0.25) is 0 Å². The van der Waals surface area contributed by atoms with Gasteiger partial charge >= 0.3 is 0 Å². The van der Waals surface area contributed by atoms with Gasteiger partial charge in [-0.15, -0.1) is 24.2 Å². The van der Waals surface area contributed by atoms with E-state index in [-0.39, 0.29) is 24.9 Å². The van der Waals surface area contributed by atoms with Gasteiger partial charge in [0.1, 0.15) is 17.8 Å². The molecule has 23 heavy (non-hydrogen) atoms. The van der Waals surface area contributed by atoms with E-state index in [4.69, 9.17) is 14.9 Å². The van der Waals surface area contributed by atoms with Crippen molar-refractivity contribution in [2.45, 2.75) is 18.0 Å². The average Bonchev–Trinajstić information content (AvgIpc) is 3.02.